The Morgan fingerprint density at radius 2 is 1.81 bits per heavy atom. The lowest BCUT2D eigenvalue weighted by Gasteiger charge is -2.31. The number of aromatic nitrogens is 1. The van der Waals surface area contributed by atoms with E-state index in [0.29, 0.717) is 17.4 Å². The topological polar surface area (TPSA) is 54.0 Å². The molecule has 1 aliphatic carbocycles. The summed E-state index contributed by atoms with van der Waals surface area (Å²) in [6, 6.07) is 11.5. The zero-order valence-corrected chi connectivity index (χ0v) is 17.5. The number of alkyl halides is 3. The van der Waals surface area contributed by atoms with Crippen molar-refractivity contribution < 1.29 is 22.4 Å². The van der Waals surface area contributed by atoms with E-state index in [4.69, 9.17) is 0 Å². The smallest absolute Gasteiger partial charge is 0.382 e. The SMILES string of the molecule is Cc1ccccc1C(=O)NC1CCCC(Nc2cc(C(F)(F)F)nc3ccc(F)cc23)C1. The van der Waals surface area contributed by atoms with Crippen LogP contribution < -0.4 is 10.6 Å². The fraction of sp³-hybridized carbons (Fsp3) is 0.333. The van der Waals surface area contributed by atoms with E-state index in [1.807, 2.05) is 19.1 Å². The number of benzene rings is 2. The third-order valence-corrected chi connectivity index (χ3v) is 5.82. The van der Waals surface area contributed by atoms with Crippen LogP contribution in [0.2, 0.25) is 0 Å². The molecule has 1 heterocycles. The molecule has 0 aliphatic heterocycles. The molecule has 0 spiro atoms. The highest BCUT2D eigenvalue weighted by Gasteiger charge is 2.34. The van der Waals surface area contributed by atoms with Crippen LogP contribution in [0.3, 0.4) is 0 Å². The lowest BCUT2D eigenvalue weighted by molar-refractivity contribution is -0.140. The molecule has 1 amide bonds. The van der Waals surface area contributed by atoms with Crippen molar-refractivity contribution >= 4 is 22.5 Å². The maximum atomic E-state index is 13.8. The third kappa shape index (κ3) is 4.84. The number of hydrogen-bond donors (Lipinski definition) is 2. The number of nitrogens with zero attached hydrogens (tertiary/aromatic N) is 1. The Kier molecular flexibility index (Phi) is 6.04. The predicted molar refractivity (Wildman–Crippen MR) is 115 cm³/mol. The molecule has 1 aliphatic rings. The molecular formula is C24H23F4N3O. The molecule has 0 radical (unpaired) electrons. The quantitative estimate of drug-likeness (QED) is 0.495. The van der Waals surface area contributed by atoms with Crippen LogP contribution in [0.1, 0.15) is 47.3 Å². The molecule has 3 aromatic rings. The first-order valence-electron chi connectivity index (χ1n) is 10.5. The molecule has 32 heavy (non-hydrogen) atoms. The van der Waals surface area contributed by atoms with Gasteiger partial charge in [0.15, 0.2) is 0 Å². The Morgan fingerprint density at radius 3 is 2.56 bits per heavy atom. The van der Waals surface area contributed by atoms with Crippen LogP contribution in [0.25, 0.3) is 10.9 Å². The van der Waals surface area contributed by atoms with E-state index in [-0.39, 0.29) is 29.2 Å². The van der Waals surface area contributed by atoms with Gasteiger partial charge in [0.1, 0.15) is 11.5 Å². The summed E-state index contributed by atoms with van der Waals surface area (Å²) in [6.07, 6.45) is -1.74. The summed E-state index contributed by atoms with van der Waals surface area (Å²) in [5.41, 5.74) is 0.717. The van der Waals surface area contributed by atoms with Gasteiger partial charge >= 0.3 is 6.18 Å². The van der Waals surface area contributed by atoms with Gasteiger partial charge in [0.05, 0.1) is 5.52 Å². The molecule has 2 unspecified atom stereocenters. The number of carbonyl (C=O) groups excluding carboxylic acids is 1. The number of nitrogens with one attached hydrogen (secondary N) is 2. The minimum atomic E-state index is -4.62. The maximum absolute atomic E-state index is 13.8. The lowest BCUT2D eigenvalue weighted by atomic mass is 9.90. The lowest BCUT2D eigenvalue weighted by Crippen LogP contribution is -2.42. The summed E-state index contributed by atoms with van der Waals surface area (Å²) in [6.45, 7) is 1.87. The van der Waals surface area contributed by atoms with Crippen LogP contribution in [0, 0.1) is 12.7 Å². The number of carbonyl (C=O) groups is 1. The zero-order valence-electron chi connectivity index (χ0n) is 17.5. The predicted octanol–water partition coefficient (Wildman–Crippen LogP) is 5.85. The Bertz CT molecular complexity index is 1150. The number of rotatable bonds is 4. The second kappa shape index (κ2) is 8.76. The van der Waals surface area contributed by atoms with Crippen molar-refractivity contribution in [2.24, 2.45) is 0 Å². The minimum absolute atomic E-state index is 0.0731. The van der Waals surface area contributed by atoms with Gasteiger partial charge in [0, 0.05) is 28.7 Å². The van der Waals surface area contributed by atoms with Crippen LogP contribution in [0.4, 0.5) is 23.2 Å². The van der Waals surface area contributed by atoms with Crippen LogP contribution in [-0.2, 0) is 6.18 Å². The normalized spacial score (nSPS) is 19.0. The summed E-state index contributed by atoms with van der Waals surface area (Å²) in [5, 5.41) is 6.50. The van der Waals surface area contributed by atoms with Crippen molar-refractivity contribution in [3.05, 3.63) is 71.2 Å². The Hall–Kier alpha value is -3.16. The van der Waals surface area contributed by atoms with Gasteiger partial charge in [-0.3, -0.25) is 4.79 Å². The first-order chi connectivity index (χ1) is 15.2. The van der Waals surface area contributed by atoms with Crippen molar-refractivity contribution in [1.82, 2.24) is 10.3 Å². The van der Waals surface area contributed by atoms with E-state index < -0.39 is 17.7 Å². The molecule has 1 saturated carbocycles. The van der Waals surface area contributed by atoms with Crippen LogP contribution in [0.5, 0.6) is 0 Å². The van der Waals surface area contributed by atoms with E-state index in [9.17, 15) is 22.4 Å². The molecule has 1 fully saturated rings. The number of aryl methyl sites for hydroxylation is 1. The number of pyridine rings is 1. The van der Waals surface area contributed by atoms with E-state index >= 15 is 0 Å². The summed E-state index contributed by atoms with van der Waals surface area (Å²) in [5.74, 6) is -0.710. The van der Waals surface area contributed by atoms with Gasteiger partial charge in [-0.05, 0) is 68.5 Å². The molecule has 0 bridgehead atoms. The van der Waals surface area contributed by atoms with Crippen molar-refractivity contribution in [3.63, 3.8) is 0 Å². The monoisotopic (exact) mass is 445 g/mol. The first kappa shape index (κ1) is 22.0. The molecule has 0 saturated heterocycles. The van der Waals surface area contributed by atoms with E-state index in [1.54, 1.807) is 12.1 Å². The standard InChI is InChI=1S/C24H23F4N3O/c1-14-5-2-3-8-18(14)23(32)30-17-7-4-6-16(12-17)29-21-13-22(24(26,27)28)31-20-10-9-15(25)11-19(20)21/h2-3,5,8-11,13,16-17H,4,6-7,12H2,1H3,(H,29,31)(H,30,32). The Balaban J connectivity index is 1.54. The zero-order chi connectivity index (χ0) is 22.9. The largest absolute Gasteiger partial charge is 0.433 e. The minimum Gasteiger partial charge on any atom is -0.382 e. The molecule has 8 heteroatoms. The average Bonchev–Trinajstić information content (AvgIpc) is 2.74. The molecule has 4 nitrogen and oxygen atoms in total. The number of anilines is 1. The highest BCUT2D eigenvalue weighted by Crippen LogP contribution is 2.34. The molecule has 1 aromatic heterocycles. The number of amides is 1. The average molecular weight is 445 g/mol. The summed E-state index contributed by atoms with van der Waals surface area (Å²) < 4.78 is 53.8. The van der Waals surface area contributed by atoms with Crippen LogP contribution >= 0.6 is 0 Å². The number of halogens is 4. The Labute approximate surface area is 183 Å². The van der Waals surface area contributed by atoms with Crippen LogP contribution in [0.15, 0.2) is 48.5 Å². The van der Waals surface area contributed by atoms with Gasteiger partial charge in [-0.2, -0.15) is 13.2 Å². The molecule has 2 aromatic carbocycles. The molecule has 2 atom stereocenters. The number of hydrogen-bond acceptors (Lipinski definition) is 3. The fourth-order valence-electron chi connectivity index (χ4n) is 4.23. The van der Waals surface area contributed by atoms with Gasteiger partial charge < -0.3 is 10.6 Å². The maximum Gasteiger partial charge on any atom is 0.433 e. The Morgan fingerprint density at radius 1 is 1.06 bits per heavy atom. The van der Waals surface area contributed by atoms with Gasteiger partial charge in [-0.15, -0.1) is 0 Å². The van der Waals surface area contributed by atoms with Crippen molar-refractivity contribution in [2.75, 3.05) is 5.32 Å². The highest BCUT2D eigenvalue weighted by atomic mass is 19.4. The second-order valence-corrected chi connectivity index (χ2v) is 8.21. The molecule has 4 rings (SSSR count). The van der Waals surface area contributed by atoms with Crippen molar-refractivity contribution in [1.29, 1.82) is 0 Å². The number of fused-ring (bicyclic) bond motifs is 1. The van der Waals surface area contributed by atoms with Crippen molar-refractivity contribution in [3.8, 4) is 0 Å². The van der Waals surface area contributed by atoms with E-state index in [1.165, 1.54) is 12.1 Å². The van der Waals surface area contributed by atoms with Gasteiger partial charge in [0.25, 0.3) is 5.91 Å². The van der Waals surface area contributed by atoms with Crippen molar-refractivity contribution in [2.45, 2.75) is 50.9 Å². The van der Waals surface area contributed by atoms with Crippen LogP contribution in [-0.4, -0.2) is 23.0 Å². The van der Waals surface area contributed by atoms with Gasteiger partial charge in [-0.1, -0.05) is 18.2 Å². The van der Waals surface area contributed by atoms with Gasteiger partial charge in [-0.25, -0.2) is 9.37 Å². The van der Waals surface area contributed by atoms with E-state index in [2.05, 4.69) is 15.6 Å². The van der Waals surface area contributed by atoms with E-state index in [0.717, 1.165) is 37.0 Å². The fourth-order valence-corrected chi connectivity index (χ4v) is 4.23. The molecule has 168 valence electrons. The second-order valence-electron chi connectivity index (χ2n) is 8.21. The first-order valence-corrected chi connectivity index (χ1v) is 10.5. The molecule has 2 N–H and O–H groups in total. The summed E-state index contributed by atoms with van der Waals surface area (Å²) >= 11 is 0. The third-order valence-electron chi connectivity index (χ3n) is 5.82. The highest BCUT2D eigenvalue weighted by molar-refractivity contribution is 5.95. The van der Waals surface area contributed by atoms with Gasteiger partial charge in [0.2, 0.25) is 0 Å². The summed E-state index contributed by atoms with van der Waals surface area (Å²) in [7, 11) is 0. The molecular weight excluding hydrogens is 422 g/mol. The summed E-state index contributed by atoms with van der Waals surface area (Å²) in [4.78, 5) is 16.3.